The molecule has 8 rings (SSSR count). The van der Waals surface area contributed by atoms with Crippen molar-refractivity contribution in [2.45, 2.75) is 0 Å². The second-order valence-electron chi connectivity index (χ2n) is 17.2. The number of fused-ring (bicyclic) bond motifs is 4. The van der Waals surface area contributed by atoms with Gasteiger partial charge in [-0.1, -0.05) is 67.9 Å². The van der Waals surface area contributed by atoms with Crippen LogP contribution in [0.2, 0.25) is 0 Å². The van der Waals surface area contributed by atoms with Gasteiger partial charge in [-0.3, -0.25) is 26.7 Å². The van der Waals surface area contributed by atoms with Crippen molar-refractivity contribution < 1.29 is 70.0 Å². The smallest absolute Gasteiger partial charge is 0.673 e. The Balaban J connectivity index is 0.000000256. The zero-order valence-electron chi connectivity index (χ0n) is 45.7. The maximum Gasteiger partial charge on any atom is 0.673 e. The van der Waals surface area contributed by atoms with Gasteiger partial charge in [0.05, 0.1) is 113 Å². The molecule has 0 bridgehead atoms. The molecule has 33 heteroatoms. The van der Waals surface area contributed by atoms with Crippen LogP contribution in [0, 0.1) is 0 Å². The molecule has 4 aromatic carbocycles. The molecule has 416 valence electrons. The zero-order valence-corrected chi connectivity index (χ0v) is 45.7. The van der Waals surface area contributed by atoms with Crippen LogP contribution in [0.15, 0.2) is 97.1 Å². The van der Waals surface area contributed by atoms with E-state index in [1.807, 2.05) is 248 Å². The van der Waals surface area contributed by atoms with E-state index >= 15 is 0 Å². The molecule has 0 atom stereocenters. The number of nitrogens with zero attached hydrogens (tertiary/aromatic N) is 20. The van der Waals surface area contributed by atoms with Crippen LogP contribution in [0.1, 0.15) is 0 Å². The van der Waals surface area contributed by atoms with Gasteiger partial charge in [-0.05, 0) is 69.4 Å². The molecule has 8 aromatic rings. The fourth-order valence-electron chi connectivity index (χ4n) is 6.22. The number of para-hydroxylation sites is 4. The number of amidine groups is 4. The molecule has 0 fully saturated rings. The van der Waals surface area contributed by atoms with Crippen molar-refractivity contribution in [3.05, 3.63) is 97.1 Å². The molecule has 0 aliphatic heterocycles. The Bertz CT molecular complexity index is 2810. The van der Waals surface area contributed by atoms with Crippen LogP contribution in [0.3, 0.4) is 0 Å². The molecule has 77 heavy (non-hydrogen) atoms. The van der Waals surface area contributed by atoms with Crippen LogP contribution in [-0.2, 0) is 0 Å². The molecular formula is C44H64B2F4N20O7. The Hall–Kier alpha value is -8.71. The van der Waals surface area contributed by atoms with Gasteiger partial charge >= 0.3 is 31.3 Å². The second-order valence-corrected chi connectivity index (χ2v) is 17.2. The first kappa shape index (κ1) is 62.6. The Morgan fingerprint density at radius 3 is 0.688 bits per heavy atom. The van der Waals surface area contributed by atoms with Crippen molar-refractivity contribution in [1.82, 2.24) is 80.2 Å². The lowest BCUT2D eigenvalue weighted by Gasteiger charge is -2.35. The van der Waals surface area contributed by atoms with Gasteiger partial charge in [0.1, 0.15) is 44.1 Å². The summed E-state index contributed by atoms with van der Waals surface area (Å²) in [6.45, 7) is 0. The Kier molecular flexibility index (Phi) is 23.9. The third kappa shape index (κ3) is 20.2. The number of aromatic nitrogens is 12. The van der Waals surface area contributed by atoms with Crippen LogP contribution in [0.4, 0.5) is 17.3 Å². The first-order chi connectivity index (χ1) is 36.1. The van der Waals surface area contributed by atoms with Crippen molar-refractivity contribution >= 4 is 82.8 Å². The summed E-state index contributed by atoms with van der Waals surface area (Å²) in [7, 11) is 21.7. The first-order valence-corrected chi connectivity index (χ1v) is 22.8. The summed E-state index contributed by atoms with van der Waals surface area (Å²) in [5.74, 6) is 0. The van der Waals surface area contributed by atoms with Gasteiger partial charge in [0.15, 0.2) is 0 Å². The molecule has 4 heterocycles. The molecule has 0 N–H and O–H groups in total. The first-order valence-electron chi connectivity index (χ1n) is 22.8. The molecule has 4 aromatic heterocycles. The Morgan fingerprint density at radius 1 is 0.390 bits per heavy atom. The molecule has 0 radical (unpaired) electrons. The average Bonchev–Trinajstić information content (AvgIpc) is 4.15. The van der Waals surface area contributed by atoms with E-state index in [1.165, 1.54) is 19.4 Å². The lowest BCUT2D eigenvalue weighted by Crippen LogP contribution is -2.56. The van der Waals surface area contributed by atoms with E-state index in [2.05, 4.69) is 41.2 Å². The van der Waals surface area contributed by atoms with E-state index in [1.54, 1.807) is 0 Å². The van der Waals surface area contributed by atoms with E-state index in [9.17, 15) is 17.3 Å². The molecule has 0 aliphatic rings. The second kappa shape index (κ2) is 29.4. The van der Waals surface area contributed by atoms with Gasteiger partial charge in [-0.25, -0.2) is 37.9 Å². The molecule has 0 saturated carbocycles. The van der Waals surface area contributed by atoms with Gasteiger partial charge in [0.25, 0.3) is 0 Å². The zero-order chi connectivity index (χ0) is 57.7. The van der Waals surface area contributed by atoms with E-state index in [-0.39, 0.29) is 0 Å². The standard InChI is InChI=1S/4C11H16N5O.BF4.BO3/c4*1-14(2)11(15(3)4)17-16-10-8-6-5-7-9(10)12-13-16;2-1(3,4)5;2-1(3)4/h4*5-8H,1-4H3;;/q4*+1;-1;-3. The van der Waals surface area contributed by atoms with E-state index in [0.717, 1.165) is 44.1 Å². The van der Waals surface area contributed by atoms with Gasteiger partial charge in [0.2, 0.25) is 0 Å². The SMILES string of the molecule is CN(C)C(On1nnc2ccccc21)=[N+](C)C.CN(C)C(On1nnc2ccccc21)=[N+](C)C.CN(C)C(On1nnc2ccccc21)=[N+](C)C.CN(C)C(On1nnc2ccccc21)=[N+](C)C.F[B-](F)(F)F.[O-]B([O-])[O-]. The van der Waals surface area contributed by atoms with Gasteiger partial charge in [-0.15, -0.1) is 20.4 Å². The number of benzene rings is 4. The lowest BCUT2D eigenvalue weighted by atomic mass is 10.3. The average molecular weight is 1080 g/mol. The number of halogens is 4. The van der Waals surface area contributed by atoms with E-state index < -0.39 is 14.6 Å². The van der Waals surface area contributed by atoms with Crippen LogP contribution in [0.5, 0.6) is 0 Å². The third-order valence-electron chi connectivity index (χ3n) is 9.02. The minimum absolute atomic E-state index is 0.681. The molecule has 0 saturated heterocycles. The van der Waals surface area contributed by atoms with Crippen molar-refractivity contribution in [1.29, 1.82) is 0 Å². The summed E-state index contributed by atoms with van der Waals surface area (Å²) in [4.78, 5) is 36.0. The fourth-order valence-corrected chi connectivity index (χ4v) is 6.22. The quantitative estimate of drug-likeness (QED) is 0.0583. The van der Waals surface area contributed by atoms with Crippen molar-refractivity contribution in [2.75, 3.05) is 113 Å². The molecule has 0 aliphatic carbocycles. The van der Waals surface area contributed by atoms with Crippen LogP contribution >= 0.6 is 0 Å². The predicted molar refractivity (Wildman–Crippen MR) is 276 cm³/mol. The molecule has 0 spiro atoms. The molecule has 0 amide bonds. The highest BCUT2D eigenvalue weighted by atomic mass is 19.5. The topological polar surface area (TPSA) is 254 Å². The Labute approximate surface area is 441 Å². The maximum absolute atomic E-state index is 9.75. The highest BCUT2D eigenvalue weighted by Crippen LogP contribution is 2.12. The lowest BCUT2D eigenvalue weighted by molar-refractivity contribution is -0.481. The Morgan fingerprint density at radius 2 is 0.545 bits per heavy atom. The van der Waals surface area contributed by atoms with Gasteiger partial charge in [-0.2, -0.15) is 0 Å². The summed E-state index contributed by atoms with van der Waals surface area (Å²) in [6.07, 6.45) is 0. The molecule has 27 nitrogen and oxygen atoms in total. The normalized spacial score (nSPS) is 10.3. The summed E-state index contributed by atoms with van der Waals surface area (Å²) in [5, 5.41) is 57.2. The highest BCUT2D eigenvalue weighted by Gasteiger charge is 2.22. The van der Waals surface area contributed by atoms with Crippen molar-refractivity contribution in [3.63, 3.8) is 0 Å². The summed E-state index contributed by atoms with van der Waals surface area (Å²) in [6, 6.07) is 33.4. The van der Waals surface area contributed by atoms with Gasteiger partial charge < -0.3 is 32.3 Å². The minimum Gasteiger partial charge on any atom is -0.907 e. The van der Waals surface area contributed by atoms with Crippen LogP contribution in [0.25, 0.3) is 44.1 Å². The van der Waals surface area contributed by atoms with E-state index in [0.29, 0.717) is 24.1 Å². The summed E-state index contributed by atoms with van der Waals surface area (Å²) < 4.78 is 46.5. The predicted octanol–water partition coefficient (Wildman–Crippen LogP) is -2.45. The summed E-state index contributed by atoms with van der Waals surface area (Å²) in [5.41, 5.74) is 6.60. The highest BCUT2D eigenvalue weighted by molar-refractivity contribution is 6.50. The minimum atomic E-state index is -6.00. The monoisotopic (exact) mass is 1080 g/mol. The molecule has 0 unspecified atom stereocenters. The maximum atomic E-state index is 9.75. The van der Waals surface area contributed by atoms with Gasteiger partial charge in [0, 0.05) is 0 Å². The largest absolute Gasteiger partial charge is 0.907 e. The van der Waals surface area contributed by atoms with Crippen molar-refractivity contribution in [2.24, 2.45) is 0 Å². The third-order valence-corrected chi connectivity index (χ3v) is 9.02. The number of hydrogen-bond acceptors (Lipinski definition) is 15. The number of hydrogen-bond donors (Lipinski definition) is 0. The van der Waals surface area contributed by atoms with Crippen LogP contribution < -0.4 is 34.4 Å². The van der Waals surface area contributed by atoms with E-state index in [4.69, 9.17) is 34.4 Å². The molecular weight excluding hydrogens is 1020 g/mol. The fraction of sp³-hybridized carbons (Fsp3) is 0.364. The van der Waals surface area contributed by atoms with Crippen molar-refractivity contribution in [3.8, 4) is 0 Å². The van der Waals surface area contributed by atoms with Crippen LogP contribution in [-0.4, -0.2) is 250 Å². The number of rotatable bonds is 4. The summed E-state index contributed by atoms with van der Waals surface area (Å²) >= 11 is 0.